The summed E-state index contributed by atoms with van der Waals surface area (Å²) in [5.41, 5.74) is 10.7. The molecule has 0 saturated carbocycles. The fourth-order valence-corrected chi connectivity index (χ4v) is 0.284. The first kappa shape index (κ1) is 7.55. The second-order valence-corrected chi connectivity index (χ2v) is 1.49. The van der Waals surface area contributed by atoms with Crippen LogP contribution in [0.3, 0.4) is 0 Å². The van der Waals surface area contributed by atoms with E-state index in [2.05, 4.69) is 17.0 Å². The van der Waals surface area contributed by atoms with Crippen molar-refractivity contribution in [3.05, 3.63) is 0 Å². The van der Waals surface area contributed by atoms with Crippen LogP contribution >= 0.6 is 0 Å². The Labute approximate surface area is 49.0 Å². The van der Waals surface area contributed by atoms with Crippen LogP contribution in [-0.4, -0.2) is 26.1 Å². The molecule has 2 unspecified atom stereocenters. The molecule has 0 radical (unpaired) electrons. The molecule has 0 rings (SSSR count). The van der Waals surface area contributed by atoms with E-state index in [9.17, 15) is 0 Å². The molecule has 0 aromatic heterocycles. The van der Waals surface area contributed by atoms with Crippen LogP contribution < -0.4 is 16.8 Å². The van der Waals surface area contributed by atoms with E-state index in [1.54, 1.807) is 7.05 Å². The van der Waals surface area contributed by atoms with Crippen LogP contribution in [0.2, 0.25) is 0 Å². The summed E-state index contributed by atoms with van der Waals surface area (Å²) in [5, 5.41) is 2.73. The number of likely N-dealkylation sites (N-methyl/N-ethyl adjacent to an activating group) is 1. The molecule has 0 aliphatic heterocycles. The van der Waals surface area contributed by atoms with Gasteiger partial charge in [-0.25, -0.2) is 0 Å². The van der Waals surface area contributed by atoms with Crippen LogP contribution in [0.1, 0.15) is 0 Å². The lowest BCUT2D eigenvalue weighted by atomic mass is 10.4. The van der Waals surface area contributed by atoms with Gasteiger partial charge in [0.2, 0.25) is 0 Å². The van der Waals surface area contributed by atoms with Crippen LogP contribution in [0.15, 0.2) is 4.99 Å². The molecule has 0 heterocycles. The van der Waals surface area contributed by atoms with Crippen LogP contribution in [0.25, 0.3) is 0 Å². The molecule has 4 heteroatoms. The third-order valence-electron chi connectivity index (χ3n) is 0.912. The summed E-state index contributed by atoms with van der Waals surface area (Å²) in [4.78, 5) is 3.50. The largest absolute Gasteiger partial charge is 0.313 e. The Bertz CT molecular complexity index is 72.4. The predicted molar refractivity (Wildman–Crippen MR) is 34.6 cm³/mol. The maximum atomic E-state index is 5.36. The highest BCUT2D eigenvalue weighted by molar-refractivity contribution is 5.24. The number of rotatable bonds is 3. The van der Waals surface area contributed by atoms with Crippen molar-refractivity contribution in [3.63, 3.8) is 0 Å². The molecule has 0 bridgehead atoms. The van der Waals surface area contributed by atoms with E-state index in [1.165, 1.54) is 0 Å². The van der Waals surface area contributed by atoms with E-state index in [0.29, 0.717) is 0 Å². The van der Waals surface area contributed by atoms with E-state index < -0.39 is 6.17 Å². The smallest absolute Gasteiger partial charge is 0.125 e. The highest BCUT2D eigenvalue weighted by Crippen LogP contribution is 1.78. The molecular weight excluding hydrogens is 104 g/mol. The molecule has 0 aromatic carbocycles. The van der Waals surface area contributed by atoms with Crippen molar-refractivity contribution in [2.45, 2.75) is 12.3 Å². The zero-order chi connectivity index (χ0) is 6.57. The Morgan fingerprint density at radius 2 is 2.12 bits per heavy atom. The van der Waals surface area contributed by atoms with E-state index in [4.69, 9.17) is 11.5 Å². The van der Waals surface area contributed by atoms with Gasteiger partial charge in [0.1, 0.15) is 6.17 Å². The Hall–Kier alpha value is -0.450. The Balaban J connectivity index is 3.44. The highest BCUT2D eigenvalue weighted by Gasteiger charge is 2.05. The average molecular weight is 116 g/mol. The molecule has 2 atom stereocenters. The number of nitrogens with one attached hydrogen (secondary N) is 1. The van der Waals surface area contributed by atoms with Crippen molar-refractivity contribution in [1.29, 1.82) is 0 Å². The van der Waals surface area contributed by atoms with Crippen molar-refractivity contribution < 1.29 is 0 Å². The van der Waals surface area contributed by atoms with Gasteiger partial charge in [0.25, 0.3) is 0 Å². The van der Waals surface area contributed by atoms with Crippen molar-refractivity contribution in [2.75, 3.05) is 7.05 Å². The standard InChI is InChI=1S/C4H12N4/c1-7-3(5)4(6)8-2/h3-4,8H,1,5-6H2,2H3. The van der Waals surface area contributed by atoms with Gasteiger partial charge < -0.3 is 16.8 Å². The highest BCUT2D eigenvalue weighted by atomic mass is 15.1. The van der Waals surface area contributed by atoms with Crippen molar-refractivity contribution in [3.8, 4) is 0 Å². The van der Waals surface area contributed by atoms with Gasteiger partial charge in [-0.05, 0) is 13.8 Å². The third kappa shape index (κ3) is 2.02. The fourth-order valence-electron chi connectivity index (χ4n) is 0.284. The van der Waals surface area contributed by atoms with Gasteiger partial charge in [0, 0.05) is 0 Å². The number of aliphatic imine (C=N–C) groups is 1. The maximum Gasteiger partial charge on any atom is 0.125 e. The van der Waals surface area contributed by atoms with E-state index >= 15 is 0 Å². The van der Waals surface area contributed by atoms with Crippen molar-refractivity contribution >= 4 is 6.72 Å². The van der Waals surface area contributed by atoms with Gasteiger partial charge in [-0.2, -0.15) is 0 Å². The second kappa shape index (κ2) is 3.54. The number of nitrogens with two attached hydrogens (primary N) is 2. The number of nitrogens with zero attached hydrogens (tertiary/aromatic N) is 1. The molecule has 0 amide bonds. The minimum absolute atomic E-state index is 0.285. The third-order valence-corrected chi connectivity index (χ3v) is 0.912. The van der Waals surface area contributed by atoms with Gasteiger partial charge in [-0.3, -0.25) is 4.99 Å². The van der Waals surface area contributed by atoms with Crippen LogP contribution in [0.5, 0.6) is 0 Å². The topological polar surface area (TPSA) is 76.4 Å². The lowest BCUT2D eigenvalue weighted by Gasteiger charge is -2.13. The normalized spacial score (nSPS) is 17.4. The summed E-state index contributed by atoms with van der Waals surface area (Å²) >= 11 is 0. The molecule has 0 spiro atoms. The first-order valence-corrected chi connectivity index (χ1v) is 2.36. The van der Waals surface area contributed by atoms with Gasteiger partial charge in [0.15, 0.2) is 0 Å². The van der Waals surface area contributed by atoms with E-state index in [1.807, 2.05) is 0 Å². The Morgan fingerprint density at radius 3 is 2.25 bits per heavy atom. The zero-order valence-electron chi connectivity index (χ0n) is 4.96. The first-order valence-electron chi connectivity index (χ1n) is 2.36. The lowest BCUT2D eigenvalue weighted by Crippen LogP contribution is -2.48. The van der Waals surface area contributed by atoms with Gasteiger partial charge in [0.05, 0.1) is 6.17 Å². The van der Waals surface area contributed by atoms with Gasteiger partial charge in [-0.1, -0.05) is 0 Å². The summed E-state index contributed by atoms with van der Waals surface area (Å²) in [6.07, 6.45) is -0.688. The van der Waals surface area contributed by atoms with Crippen molar-refractivity contribution in [2.24, 2.45) is 16.5 Å². The molecule has 4 nitrogen and oxygen atoms in total. The summed E-state index contributed by atoms with van der Waals surface area (Å²) in [5.74, 6) is 0. The van der Waals surface area contributed by atoms with Gasteiger partial charge in [-0.15, -0.1) is 0 Å². The minimum Gasteiger partial charge on any atom is -0.313 e. The molecule has 0 saturated heterocycles. The Kier molecular flexibility index (Phi) is 3.34. The quantitative estimate of drug-likeness (QED) is 0.309. The number of hydrogen-bond donors (Lipinski definition) is 3. The van der Waals surface area contributed by atoms with E-state index in [0.717, 1.165) is 0 Å². The molecule has 5 N–H and O–H groups in total. The summed E-state index contributed by atoms with van der Waals surface area (Å²) in [6, 6.07) is 0. The predicted octanol–water partition coefficient (Wildman–Crippen LogP) is -1.52. The van der Waals surface area contributed by atoms with E-state index in [-0.39, 0.29) is 6.17 Å². The van der Waals surface area contributed by atoms with Crippen LogP contribution in [0, 0.1) is 0 Å². The second-order valence-electron chi connectivity index (χ2n) is 1.49. The molecule has 8 heavy (non-hydrogen) atoms. The molecule has 0 aliphatic rings. The molecule has 0 fully saturated rings. The van der Waals surface area contributed by atoms with Crippen molar-refractivity contribution in [1.82, 2.24) is 5.32 Å². The van der Waals surface area contributed by atoms with Gasteiger partial charge >= 0.3 is 0 Å². The van der Waals surface area contributed by atoms with Crippen LogP contribution in [-0.2, 0) is 0 Å². The lowest BCUT2D eigenvalue weighted by molar-refractivity contribution is 0.487. The monoisotopic (exact) mass is 116 g/mol. The average Bonchev–Trinajstić information content (AvgIpc) is 1.84. The molecule has 0 aliphatic carbocycles. The first-order chi connectivity index (χ1) is 3.72. The zero-order valence-corrected chi connectivity index (χ0v) is 4.96. The Morgan fingerprint density at radius 1 is 1.62 bits per heavy atom. The molecular formula is C4H12N4. The maximum absolute atomic E-state index is 5.36. The number of hydrogen-bond acceptors (Lipinski definition) is 4. The SMILES string of the molecule is C=NC(N)C(N)NC. The molecule has 0 aromatic rings. The summed E-state index contributed by atoms with van der Waals surface area (Å²) in [6.45, 7) is 3.23. The summed E-state index contributed by atoms with van der Waals surface area (Å²) < 4.78 is 0. The fraction of sp³-hybridized carbons (Fsp3) is 0.750. The summed E-state index contributed by atoms with van der Waals surface area (Å²) in [7, 11) is 1.72. The molecule has 48 valence electrons. The minimum atomic E-state index is -0.403. The van der Waals surface area contributed by atoms with Crippen LogP contribution in [0.4, 0.5) is 0 Å².